The monoisotopic (exact) mass is 419 g/mol. The van der Waals surface area contributed by atoms with Gasteiger partial charge in [0.25, 0.3) is 0 Å². The van der Waals surface area contributed by atoms with Gasteiger partial charge in [-0.25, -0.2) is 4.98 Å². The van der Waals surface area contributed by atoms with Gasteiger partial charge in [-0.3, -0.25) is 4.79 Å². The summed E-state index contributed by atoms with van der Waals surface area (Å²) in [4.78, 5) is 16.7. The summed E-state index contributed by atoms with van der Waals surface area (Å²) >= 11 is 13.5. The third-order valence-electron chi connectivity index (χ3n) is 3.79. The van der Waals surface area contributed by atoms with Gasteiger partial charge in [-0.05, 0) is 30.3 Å². The van der Waals surface area contributed by atoms with Crippen molar-refractivity contribution in [1.82, 2.24) is 4.98 Å². The van der Waals surface area contributed by atoms with E-state index in [9.17, 15) is 4.79 Å². The zero-order valence-electron chi connectivity index (χ0n) is 15.1. The van der Waals surface area contributed by atoms with Crippen molar-refractivity contribution in [3.8, 4) is 11.3 Å². The number of nitrogens with one attached hydrogen (secondary N) is 2. The smallest absolute Gasteiger partial charge is 0.229 e. The Balaban J connectivity index is 1.70. The number of nitrogens with zero attached hydrogens (tertiary/aromatic N) is 1. The van der Waals surface area contributed by atoms with Gasteiger partial charge in [-0.1, -0.05) is 56.1 Å². The van der Waals surface area contributed by atoms with Gasteiger partial charge in [0.2, 0.25) is 5.91 Å². The average molecular weight is 420 g/mol. The Morgan fingerprint density at radius 1 is 1.00 bits per heavy atom. The number of hydrogen-bond donors (Lipinski definition) is 2. The number of carbonyl (C=O) groups is 1. The third-order valence-corrected chi connectivity index (χ3v) is 5.29. The fourth-order valence-electron chi connectivity index (χ4n) is 2.20. The Bertz CT molecular complexity index is 962. The van der Waals surface area contributed by atoms with Gasteiger partial charge in [0.1, 0.15) is 0 Å². The largest absolute Gasteiger partial charge is 0.331 e. The number of thiazole rings is 1. The maximum absolute atomic E-state index is 12.1. The predicted octanol–water partition coefficient (Wildman–Crippen LogP) is 6.85. The highest BCUT2D eigenvalue weighted by Crippen LogP contribution is 2.30. The summed E-state index contributed by atoms with van der Waals surface area (Å²) < 4.78 is 0. The Morgan fingerprint density at radius 2 is 1.67 bits per heavy atom. The van der Waals surface area contributed by atoms with E-state index in [0.717, 1.165) is 27.8 Å². The minimum atomic E-state index is -0.432. The van der Waals surface area contributed by atoms with Crippen molar-refractivity contribution < 1.29 is 4.79 Å². The normalized spacial score (nSPS) is 11.3. The molecule has 4 nitrogen and oxygen atoms in total. The summed E-state index contributed by atoms with van der Waals surface area (Å²) in [6, 6.07) is 13.0. The molecule has 140 valence electrons. The van der Waals surface area contributed by atoms with Crippen LogP contribution in [0.4, 0.5) is 16.5 Å². The van der Waals surface area contributed by atoms with Crippen LogP contribution >= 0.6 is 34.5 Å². The van der Waals surface area contributed by atoms with E-state index < -0.39 is 5.41 Å². The Hall–Kier alpha value is -2.08. The SMILES string of the molecule is CC(C)(C)C(=O)Nc1ccc(-c2csc(Nc3ccc(Cl)c(Cl)c3)n2)cc1. The highest BCUT2D eigenvalue weighted by Gasteiger charge is 2.21. The van der Waals surface area contributed by atoms with Crippen molar-refractivity contribution in [1.29, 1.82) is 0 Å². The van der Waals surface area contributed by atoms with Crippen LogP contribution in [0.25, 0.3) is 11.3 Å². The quantitative estimate of drug-likeness (QED) is 0.486. The number of amides is 1. The topological polar surface area (TPSA) is 54.0 Å². The summed E-state index contributed by atoms with van der Waals surface area (Å²) in [6.07, 6.45) is 0. The summed E-state index contributed by atoms with van der Waals surface area (Å²) in [6.45, 7) is 5.65. The van der Waals surface area contributed by atoms with Gasteiger partial charge < -0.3 is 10.6 Å². The first-order valence-electron chi connectivity index (χ1n) is 8.32. The molecule has 0 fully saturated rings. The average Bonchev–Trinajstić information content (AvgIpc) is 3.06. The first-order chi connectivity index (χ1) is 12.7. The molecule has 2 N–H and O–H groups in total. The fraction of sp³-hybridized carbons (Fsp3) is 0.200. The van der Waals surface area contributed by atoms with Crippen molar-refractivity contribution in [3.05, 3.63) is 57.9 Å². The fourth-order valence-corrected chi connectivity index (χ4v) is 3.24. The van der Waals surface area contributed by atoms with E-state index in [1.807, 2.05) is 56.5 Å². The number of benzene rings is 2. The molecule has 1 aromatic heterocycles. The van der Waals surface area contributed by atoms with E-state index in [4.69, 9.17) is 23.2 Å². The number of anilines is 3. The Kier molecular flexibility index (Phi) is 5.75. The Morgan fingerprint density at radius 3 is 2.30 bits per heavy atom. The second-order valence-electron chi connectivity index (χ2n) is 7.07. The van der Waals surface area contributed by atoms with Gasteiger partial charge in [-0.15, -0.1) is 11.3 Å². The molecule has 1 heterocycles. The molecule has 0 saturated heterocycles. The molecule has 3 aromatic rings. The van der Waals surface area contributed by atoms with Gasteiger partial charge in [-0.2, -0.15) is 0 Å². The number of carbonyl (C=O) groups excluding carboxylic acids is 1. The van der Waals surface area contributed by atoms with Crippen LogP contribution in [0.1, 0.15) is 20.8 Å². The van der Waals surface area contributed by atoms with Crippen molar-refractivity contribution in [2.75, 3.05) is 10.6 Å². The molecule has 3 rings (SSSR count). The van der Waals surface area contributed by atoms with Crippen molar-refractivity contribution in [2.24, 2.45) is 5.41 Å². The summed E-state index contributed by atoms with van der Waals surface area (Å²) in [5, 5.41) is 9.88. The van der Waals surface area contributed by atoms with Gasteiger partial charge >= 0.3 is 0 Å². The van der Waals surface area contributed by atoms with Gasteiger partial charge in [0.15, 0.2) is 5.13 Å². The van der Waals surface area contributed by atoms with Crippen LogP contribution in [0.5, 0.6) is 0 Å². The van der Waals surface area contributed by atoms with Crippen LogP contribution in [-0.2, 0) is 4.79 Å². The van der Waals surface area contributed by atoms with Crippen LogP contribution in [0.15, 0.2) is 47.8 Å². The molecule has 0 atom stereocenters. The highest BCUT2D eigenvalue weighted by molar-refractivity contribution is 7.14. The number of hydrogen-bond acceptors (Lipinski definition) is 4. The first-order valence-corrected chi connectivity index (χ1v) is 9.95. The molecule has 0 aliphatic rings. The zero-order chi connectivity index (χ0) is 19.6. The van der Waals surface area contributed by atoms with Crippen LogP contribution < -0.4 is 10.6 Å². The molecule has 0 unspecified atom stereocenters. The van der Waals surface area contributed by atoms with Gasteiger partial charge in [0.05, 0.1) is 15.7 Å². The molecule has 2 aromatic carbocycles. The Labute approximate surface area is 172 Å². The van der Waals surface area contributed by atoms with E-state index in [2.05, 4.69) is 15.6 Å². The summed E-state index contributed by atoms with van der Waals surface area (Å²) in [7, 11) is 0. The van der Waals surface area contributed by atoms with Crippen LogP contribution in [0.2, 0.25) is 10.0 Å². The molecule has 0 aliphatic carbocycles. The molecule has 0 saturated carbocycles. The van der Waals surface area contributed by atoms with E-state index >= 15 is 0 Å². The summed E-state index contributed by atoms with van der Waals surface area (Å²) in [5.74, 6) is -0.0166. The molecule has 0 radical (unpaired) electrons. The molecule has 1 amide bonds. The van der Waals surface area contributed by atoms with E-state index in [-0.39, 0.29) is 5.91 Å². The maximum Gasteiger partial charge on any atom is 0.229 e. The lowest BCUT2D eigenvalue weighted by Crippen LogP contribution is -2.27. The maximum atomic E-state index is 12.1. The zero-order valence-corrected chi connectivity index (χ0v) is 17.5. The minimum Gasteiger partial charge on any atom is -0.331 e. The molecule has 0 bridgehead atoms. The molecule has 27 heavy (non-hydrogen) atoms. The lowest BCUT2D eigenvalue weighted by Gasteiger charge is -2.17. The number of halogens is 2. The number of aromatic nitrogens is 1. The van der Waals surface area contributed by atoms with E-state index in [1.165, 1.54) is 11.3 Å². The van der Waals surface area contributed by atoms with Crippen molar-refractivity contribution in [2.45, 2.75) is 20.8 Å². The molecule has 0 aliphatic heterocycles. The number of rotatable bonds is 4. The minimum absolute atomic E-state index is 0.0166. The third kappa shape index (κ3) is 5.01. The van der Waals surface area contributed by atoms with Crippen molar-refractivity contribution in [3.63, 3.8) is 0 Å². The van der Waals surface area contributed by atoms with Crippen LogP contribution in [-0.4, -0.2) is 10.9 Å². The second-order valence-corrected chi connectivity index (χ2v) is 8.75. The molecule has 7 heteroatoms. The van der Waals surface area contributed by atoms with Crippen LogP contribution in [0.3, 0.4) is 0 Å². The lowest BCUT2D eigenvalue weighted by atomic mass is 9.95. The highest BCUT2D eigenvalue weighted by atomic mass is 35.5. The molecular formula is C20H19Cl2N3OS. The summed E-state index contributed by atoms with van der Waals surface area (Å²) in [5.41, 5.74) is 2.99. The van der Waals surface area contributed by atoms with Crippen molar-refractivity contribution >= 4 is 57.0 Å². The second kappa shape index (κ2) is 7.89. The standard InChI is InChI=1S/C20H19Cl2N3OS/c1-20(2,3)18(26)23-13-6-4-12(5-7-13)17-11-27-19(25-17)24-14-8-9-15(21)16(22)10-14/h4-11H,1-3H3,(H,23,26)(H,24,25). The van der Waals surface area contributed by atoms with E-state index in [0.29, 0.717) is 10.0 Å². The molecule has 0 spiro atoms. The molecular weight excluding hydrogens is 401 g/mol. The van der Waals surface area contributed by atoms with E-state index in [1.54, 1.807) is 12.1 Å². The predicted molar refractivity (Wildman–Crippen MR) is 115 cm³/mol. The van der Waals surface area contributed by atoms with Crippen LogP contribution in [0, 0.1) is 5.41 Å². The first kappa shape index (κ1) is 19.7. The lowest BCUT2D eigenvalue weighted by molar-refractivity contribution is -0.123. The van der Waals surface area contributed by atoms with Gasteiger partial charge in [0, 0.05) is 27.7 Å².